The molecular formula is C17H18ClN3O. The molecule has 1 amide bonds. The van der Waals surface area contributed by atoms with Gasteiger partial charge in [0.15, 0.2) is 5.15 Å². The number of carbonyl (C=O) groups is 1. The molecule has 1 aromatic carbocycles. The van der Waals surface area contributed by atoms with Crippen LogP contribution in [0.3, 0.4) is 0 Å². The summed E-state index contributed by atoms with van der Waals surface area (Å²) < 4.78 is 0. The van der Waals surface area contributed by atoms with Crippen LogP contribution in [0.1, 0.15) is 18.1 Å². The van der Waals surface area contributed by atoms with Crippen molar-refractivity contribution in [3.8, 4) is 0 Å². The highest BCUT2D eigenvalue weighted by Crippen LogP contribution is 2.22. The topological polar surface area (TPSA) is 45.2 Å². The lowest BCUT2D eigenvalue weighted by molar-refractivity contribution is -0.121. The van der Waals surface area contributed by atoms with Gasteiger partial charge in [-0.05, 0) is 36.6 Å². The average molecular weight is 316 g/mol. The fraction of sp³-hybridized carbons (Fsp3) is 0.294. The maximum Gasteiger partial charge on any atom is 0.241 e. The molecule has 3 rings (SSSR count). The first-order chi connectivity index (χ1) is 10.6. The fourth-order valence-electron chi connectivity index (χ4n) is 2.73. The molecular weight excluding hydrogens is 298 g/mol. The summed E-state index contributed by atoms with van der Waals surface area (Å²) in [7, 11) is 0. The van der Waals surface area contributed by atoms with Gasteiger partial charge in [-0.1, -0.05) is 35.9 Å². The number of hydrogen-bond donors (Lipinski definition) is 1. The Morgan fingerprint density at radius 2 is 2.05 bits per heavy atom. The second-order valence-corrected chi connectivity index (χ2v) is 5.85. The zero-order chi connectivity index (χ0) is 15.5. The lowest BCUT2D eigenvalue weighted by Crippen LogP contribution is -2.44. The Bertz CT molecular complexity index is 689. The summed E-state index contributed by atoms with van der Waals surface area (Å²) >= 11 is 5.99. The van der Waals surface area contributed by atoms with E-state index in [1.54, 1.807) is 18.3 Å². The van der Waals surface area contributed by atoms with Gasteiger partial charge in [-0.25, -0.2) is 4.98 Å². The summed E-state index contributed by atoms with van der Waals surface area (Å²) in [6.07, 6.45) is 2.57. The van der Waals surface area contributed by atoms with Crippen molar-refractivity contribution in [2.45, 2.75) is 25.9 Å². The van der Waals surface area contributed by atoms with E-state index in [1.165, 1.54) is 11.1 Å². The van der Waals surface area contributed by atoms with Crippen LogP contribution in [0.2, 0.25) is 5.15 Å². The largest absolute Gasteiger partial charge is 0.322 e. The standard InChI is InChI=1S/C17H18ClN3O/c1-12(17(22)20-15-7-4-9-19-16(15)18)21-10-8-13-5-2-3-6-14(13)11-21/h2-7,9,12H,8,10-11H2,1H3,(H,20,22)/t12-/m0/s1. The average Bonchev–Trinajstić information content (AvgIpc) is 2.55. The second kappa shape index (κ2) is 6.46. The van der Waals surface area contributed by atoms with Crippen molar-refractivity contribution in [3.05, 3.63) is 58.9 Å². The summed E-state index contributed by atoms with van der Waals surface area (Å²) in [5.41, 5.74) is 3.23. The Morgan fingerprint density at radius 3 is 2.82 bits per heavy atom. The van der Waals surface area contributed by atoms with E-state index in [0.717, 1.165) is 19.5 Å². The van der Waals surface area contributed by atoms with Crippen LogP contribution in [0.5, 0.6) is 0 Å². The lowest BCUT2D eigenvalue weighted by atomic mass is 9.99. The number of fused-ring (bicyclic) bond motifs is 1. The molecule has 0 radical (unpaired) electrons. The number of carbonyl (C=O) groups excluding carboxylic acids is 1. The fourth-order valence-corrected chi connectivity index (χ4v) is 2.90. The van der Waals surface area contributed by atoms with Gasteiger partial charge in [-0.2, -0.15) is 0 Å². The van der Waals surface area contributed by atoms with Crippen molar-refractivity contribution in [2.75, 3.05) is 11.9 Å². The predicted molar refractivity (Wildman–Crippen MR) is 87.9 cm³/mol. The van der Waals surface area contributed by atoms with Crippen molar-refractivity contribution in [1.29, 1.82) is 0 Å². The molecule has 1 aliphatic rings. The van der Waals surface area contributed by atoms with Gasteiger partial charge in [0.05, 0.1) is 11.7 Å². The molecule has 4 nitrogen and oxygen atoms in total. The number of aromatic nitrogens is 1. The van der Waals surface area contributed by atoms with E-state index in [0.29, 0.717) is 10.8 Å². The van der Waals surface area contributed by atoms with Crippen LogP contribution in [0.25, 0.3) is 0 Å². The SMILES string of the molecule is C[C@@H](C(=O)Nc1cccnc1Cl)N1CCc2ccccc2C1. The molecule has 1 atom stereocenters. The normalized spacial score (nSPS) is 15.9. The number of benzene rings is 1. The van der Waals surface area contributed by atoms with Gasteiger partial charge >= 0.3 is 0 Å². The second-order valence-electron chi connectivity index (χ2n) is 5.50. The van der Waals surface area contributed by atoms with Crippen LogP contribution in [-0.2, 0) is 17.8 Å². The number of rotatable bonds is 3. The molecule has 1 N–H and O–H groups in total. The summed E-state index contributed by atoms with van der Waals surface area (Å²) in [5.74, 6) is -0.0609. The molecule has 5 heteroatoms. The van der Waals surface area contributed by atoms with Crippen LogP contribution in [0, 0.1) is 0 Å². The molecule has 0 saturated carbocycles. The summed E-state index contributed by atoms with van der Waals surface area (Å²) in [4.78, 5) is 18.6. The van der Waals surface area contributed by atoms with Gasteiger partial charge in [-0.15, -0.1) is 0 Å². The third kappa shape index (κ3) is 3.13. The van der Waals surface area contributed by atoms with Gasteiger partial charge in [0.25, 0.3) is 0 Å². The Balaban J connectivity index is 1.68. The highest BCUT2D eigenvalue weighted by molar-refractivity contribution is 6.32. The third-order valence-corrected chi connectivity index (χ3v) is 4.41. The molecule has 2 heterocycles. The van der Waals surface area contributed by atoms with E-state index in [-0.39, 0.29) is 11.9 Å². The Hall–Kier alpha value is -1.91. The summed E-state index contributed by atoms with van der Waals surface area (Å²) in [5, 5.41) is 3.17. The van der Waals surface area contributed by atoms with Gasteiger partial charge in [0.2, 0.25) is 5.91 Å². The first-order valence-electron chi connectivity index (χ1n) is 7.37. The van der Waals surface area contributed by atoms with E-state index in [4.69, 9.17) is 11.6 Å². The number of halogens is 1. The Kier molecular flexibility index (Phi) is 4.41. The minimum Gasteiger partial charge on any atom is -0.322 e. The first kappa shape index (κ1) is 15.0. The highest BCUT2D eigenvalue weighted by atomic mass is 35.5. The number of nitrogens with one attached hydrogen (secondary N) is 1. The maximum absolute atomic E-state index is 12.4. The Labute approximate surface area is 135 Å². The van der Waals surface area contributed by atoms with Crippen LogP contribution < -0.4 is 5.32 Å². The van der Waals surface area contributed by atoms with E-state index in [9.17, 15) is 4.79 Å². The minimum atomic E-state index is -0.218. The summed E-state index contributed by atoms with van der Waals surface area (Å²) in [6.45, 7) is 3.60. The van der Waals surface area contributed by atoms with Crippen LogP contribution >= 0.6 is 11.6 Å². The molecule has 0 fully saturated rings. The van der Waals surface area contributed by atoms with Crippen LogP contribution in [0.15, 0.2) is 42.6 Å². The monoisotopic (exact) mass is 315 g/mol. The van der Waals surface area contributed by atoms with E-state index in [1.807, 2.05) is 13.0 Å². The molecule has 0 aliphatic carbocycles. The molecule has 0 bridgehead atoms. The van der Waals surface area contributed by atoms with Crippen molar-refractivity contribution < 1.29 is 4.79 Å². The quantitative estimate of drug-likeness (QED) is 0.885. The lowest BCUT2D eigenvalue weighted by Gasteiger charge is -2.32. The van der Waals surface area contributed by atoms with Crippen molar-refractivity contribution in [1.82, 2.24) is 9.88 Å². The van der Waals surface area contributed by atoms with Crippen molar-refractivity contribution in [2.24, 2.45) is 0 Å². The molecule has 0 saturated heterocycles. The zero-order valence-corrected chi connectivity index (χ0v) is 13.2. The molecule has 22 heavy (non-hydrogen) atoms. The van der Waals surface area contributed by atoms with Crippen molar-refractivity contribution >= 4 is 23.2 Å². The molecule has 1 aliphatic heterocycles. The van der Waals surface area contributed by atoms with Crippen molar-refractivity contribution in [3.63, 3.8) is 0 Å². The molecule has 0 unspecified atom stereocenters. The number of nitrogens with zero attached hydrogens (tertiary/aromatic N) is 2. The number of pyridine rings is 1. The van der Waals surface area contributed by atoms with Crippen LogP contribution in [-0.4, -0.2) is 28.4 Å². The number of anilines is 1. The smallest absolute Gasteiger partial charge is 0.241 e. The molecule has 1 aromatic heterocycles. The third-order valence-electron chi connectivity index (χ3n) is 4.10. The van der Waals surface area contributed by atoms with Gasteiger partial charge in [0.1, 0.15) is 0 Å². The Morgan fingerprint density at radius 1 is 1.27 bits per heavy atom. The first-order valence-corrected chi connectivity index (χ1v) is 7.75. The molecule has 2 aromatic rings. The van der Waals surface area contributed by atoms with Gasteiger partial charge < -0.3 is 5.32 Å². The summed E-state index contributed by atoms with van der Waals surface area (Å²) in [6, 6.07) is 11.7. The minimum absolute atomic E-state index is 0.0609. The predicted octanol–water partition coefficient (Wildman–Crippen LogP) is 3.12. The van der Waals surface area contributed by atoms with Crippen LogP contribution in [0.4, 0.5) is 5.69 Å². The zero-order valence-electron chi connectivity index (χ0n) is 12.4. The van der Waals surface area contributed by atoms with Gasteiger partial charge in [-0.3, -0.25) is 9.69 Å². The highest BCUT2D eigenvalue weighted by Gasteiger charge is 2.25. The molecule has 0 spiro atoms. The number of amides is 1. The van der Waals surface area contributed by atoms with E-state index < -0.39 is 0 Å². The number of hydrogen-bond acceptors (Lipinski definition) is 3. The van der Waals surface area contributed by atoms with E-state index >= 15 is 0 Å². The maximum atomic E-state index is 12.4. The van der Waals surface area contributed by atoms with E-state index in [2.05, 4.69) is 33.4 Å². The molecule has 114 valence electrons. The van der Waals surface area contributed by atoms with Gasteiger partial charge in [0, 0.05) is 19.3 Å².